The second kappa shape index (κ2) is 5.14. The summed E-state index contributed by atoms with van der Waals surface area (Å²) in [6.07, 6.45) is 0. The maximum atomic E-state index is 13.3. The third-order valence-electron chi connectivity index (χ3n) is 2.53. The van der Waals surface area contributed by atoms with Crippen molar-refractivity contribution in [2.75, 3.05) is 5.32 Å². The lowest BCUT2D eigenvalue weighted by molar-refractivity contribution is 0.620. The second-order valence-corrected chi connectivity index (χ2v) is 5.43. The van der Waals surface area contributed by atoms with E-state index in [9.17, 15) is 4.39 Å². The number of nitrogens with one attached hydrogen (secondary N) is 1. The van der Waals surface area contributed by atoms with Crippen LogP contribution in [0.4, 0.5) is 10.1 Å². The highest BCUT2D eigenvalue weighted by Gasteiger charge is 2.10. The van der Waals surface area contributed by atoms with Gasteiger partial charge >= 0.3 is 0 Å². The van der Waals surface area contributed by atoms with Gasteiger partial charge in [0.25, 0.3) is 0 Å². The molecule has 0 fully saturated rings. The van der Waals surface area contributed by atoms with Crippen molar-refractivity contribution in [3.8, 4) is 0 Å². The Bertz CT molecular complexity index is 513. The normalized spacial score (nSPS) is 12.5. The standard InChI is InChI=1S/C12H12BrFN2S/c1-7-3-10(14)9(13)4-11(7)16-8(2)12-5-17-6-15-12/h3-6,8,16H,1-2H3. The second-order valence-electron chi connectivity index (χ2n) is 3.86. The zero-order valence-electron chi connectivity index (χ0n) is 9.50. The van der Waals surface area contributed by atoms with Crippen LogP contribution in [0.5, 0.6) is 0 Å². The zero-order chi connectivity index (χ0) is 12.4. The molecule has 0 radical (unpaired) electrons. The first kappa shape index (κ1) is 12.5. The van der Waals surface area contributed by atoms with Gasteiger partial charge in [-0.05, 0) is 47.5 Å². The Morgan fingerprint density at radius 2 is 2.24 bits per heavy atom. The molecule has 0 amide bonds. The number of hydrogen-bond donors (Lipinski definition) is 1. The monoisotopic (exact) mass is 314 g/mol. The van der Waals surface area contributed by atoms with E-state index >= 15 is 0 Å². The number of thiazole rings is 1. The summed E-state index contributed by atoms with van der Waals surface area (Å²) >= 11 is 4.76. The van der Waals surface area contributed by atoms with Crippen molar-refractivity contribution in [3.63, 3.8) is 0 Å². The topological polar surface area (TPSA) is 24.9 Å². The number of benzene rings is 1. The molecule has 1 aromatic heterocycles. The first-order valence-corrected chi connectivity index (χ1v) is 6.92. The lowest BCUT2D eigenvalue weighted by atomic mass is 10.1. The van der Waals surface area contributed by atoms with E-state index in [0.29, 0.717) is 4.47 Å². The van der Waals surface area contributed by atoms with Gasteiger partial charge in [-0.3, -0.25) is 0 Å². The van der Waals surface area contributed by atoms with Gasteiger partial charge < -0.3 is 5.32 Å². The summed E-state index contributed by atoms with van der Waals surface area (Å²) in [7, 11) is 0. The molecule has 0 bridgehead atoms. The van der Waals surface area contributed by atoms with Crippen LogP contribution in [0.25, 0.3) is 0 Å². The summed E-state index contributed by atoms with van der Waals surface area (Å²) < 4.78 is 13.8. The Balaban J connectivity index is 2.22. The molecule has 1 heterocycles. The average Bonchev–Trinajstić information content (AvgIpc) is 2.79. The first-order chi connectivity index (χ1) is 8.08. The summed E-state index contributed by atoms with van der Waals surface area (Å²) in [5.41, 5.74) is 4.60. The van der Waals surface area contributed by atoms with Crippen LogP contribution in [0.1, 0.15) is 24.2 Å². The first-order valence-electron chi connectivity index (χ1n) is 5.18. The van der Waals surface area contributed by atoms with Crippen LogP contribution in [0.15, 0.2) is 27.5 Å². The van der Waals surface area contributed by atoms with E-state index in [1.165, 1.54) is 6.07 Å². The van der Waals surface area contributed by atoms with Crippen molar-refractivity contribution in [1.82, 2.24) is 4.98 Å². The number of anilines is 1. The Morgan fingerprint density at radius 3 is 2.88 bits per heavy atom. The third-order valence-corrected chi connectivity index (χ3v) is 3.75. The molecule has 2 rings (SSSR count). The fourth-order valence-corrected chi connectivity index (χ4v) is 2.54. The van der Waals surface area contributed by atoms with Crippen LogP contribution in [-0.2, 0) is 0 Å². The summed E-state index contributed by atoms with van der Waals surface area (Å²) in [5.74, 6) is -0.241. The molecule has 0 saturated heterocycles. The van der Waals surface area contributed by atoms with E-state index in [0.717, 1.165) is 16.9 Å². The SMILES string of the molecule is Cc1cc(F)c(Br)cc1NC(C)c1cscn1. The van der Waals surface area contributed by atoms with Gasteiger partial charge in [-0.15, -0.1) is 11.3 Å². The molecule has 90 valence electrons. The minimum absolute atomic E-state index is 0.109. The van der Waals surface area contributed by atoms with E-state index in [1.807, 2.05) is 19.2 Å². The minimum atomic E-state index is -0.241. The van der Waals surface area contributed by atoms with Crippen LogP contribution in [0, 0.1) is 12.7 Å². The molecule has 0 aliphatic carbocycles. The maximum absolute atomic E-state index is 13.3. The third kappa shape index (κ3) is 2.84. The molecule has 1 atom stereocenters. The molecule has 2 aromatic rings. The lowest BCUT2D eigenvalue weighted by Crippen LogP contribution is -2.08. The van der Waals surface area contributed by atoms with E-state index < -0.39 is 0 Å². The molecule has 17 heavy (non-hydrogen) atoms. The Labute approximate surface area is 112 Å². The number of halogens is 2. The summed E-state index contributed by atoms with van der Waals surface area (Å²) in [6, 6.07) is 3.38. The van der Waals surface area contributed by atoms with Gasteiger partial charge in [0, 0.05) is 11.1 Å². The summed E-state index contributed by atoms with van der Waals surface area (Å²) in [6.45, 7) is 3.91. The molecular weight excluding hydrogens is 303 g/mol. The molecular formula is C12H12BrFN2S. The van der Waals surface area contributed by atoms with Crippen LogP contribution < -0.4 is 5.32 Å². The zero-order valence-corrected chi connectivity index (χ0v) is 11.9. The van der Waals surface area contributed by atoms with E-state index in [2.05, 4.69) is 26.2 Å². The van der Waals surface area contributed by atoms with E-state index in [1.54, 1.807) is 22.9 Å². The van der Waals surface area contributed by atoms with Gasteiger partial charge in [0.1, 0.15) is 5.82 Å². The maximum Gasteiger partial charge on any atom is 0.137 e. The highest BCUT2D eigenvalue weighted by molar-refractivity contribution is 9.10. The molecule has 0 aliphatic rings. The van der Waals surface area contributed by atoms with Crippen LogP contribution in [-0.4, -0.2) is 4.98 Å². The molecule has 1 N–H and O–H groups in total. The van der Waals surface area contributed by atoms with Crippen molar-refractivity contribution >= 4 is 33.0 Å². The fourth-order valence-electron chi connectivity index (χ4n) is 1.54. The molecule has 5 heteroatoms. The quantitative estimate of drug-likeness (QED) is 0.900. The van der Waals surface area contributed by atoms with Gasteiger partial charge in [-0.1, -0.05) is 0 Å². The van der Waals surface area contributed by atoms with Crippen molar-refractivity contribution in [1.29, 1.82) is 0 Å². The predicted octanol–water partition coefficient (Wildman–Crippen LogP) is 4.53. The molecule has 0 spiro atoms. The Hall–Kier alpha value is -0.940. The number of aromatic nitrogens is 1. The van der Waals surface area contributed by atoms with Crippen molar-refractivity contribution in [3.05, 3.63) is 44.6 Å². The minimum Gasteiger partial charge on any atom is -0.377 e. The average molecular weight is 315 g/mol. The van der Waals surface area contributed by atoms with Gasteiger partial charge in [0.05, 0.1) is 21.7 Å². The number of nitrogens with zero attached hydrogens (tertiary/aromatic N) is 1. The van der Waals surface area contributed by atoms with Crippen LogP contribution in [0.2, 0.25) is 0 Å². The Morgan fingerprint density at radius 1 is 1.47 bits per heavy atom. The predicted molar refractivity (Wildman–Crippen MR) is 73.0 cm³/mol. The van der Waals surface area contributed by atoms with Crippen LogP contribution >= 0.6 is 27.3 Å². The molecule has 1 unspecified atom stereocenters. The van der Waals surface area contributed by atoms with E-state index in [-0.39, 0.29) is 11.9 Å². The molecule has 2 nitrogen and oxygen atoms in total. The van der Waals surface area contributed by atoms with Crippen LogP contribution in [0.3, 0.4) is 0 Å². The van der Waals surface area contributed by atoms with Gasteiger partial charge in [0.15, 0.2) is 0 Å². The highest BCUT2D eigenvalue weighted by atomic mass is 79.9. The van der Waals surface area contributed by atoms with Crippen molar-refractivity contribution < 1.29 is 4.39 Å². The lowest BCUT2D eigenvalue weighted by Gasteiger charge is -2.15. The van der Waals surface area contributed by atoms with Crippen molar-refractivity contribution in [2.24, 2.45) is 0 Å². The smallest absolute Gasteiger partial charge is 0.137 e. The largest absolute Gasteiger partial charge is 0.377 e. The van der Waals surface area contributed by atoms with E-state index in [4.69, 9.17) is 0 Å². The number of aryl methyl sites for hydroxylation is 1. The fraction of sp³-hybridized carbons (Fsp3) is 0.250. The van der Waals surface area contributed by atoms with Crippen molar-refractivity contribution in [2.45, 2.75) is 19.9 Å². The number of hydrogen-bond acceptors (Lipinski definition) is 3. The summed E-state index contributed by atoms with van der Waals surface area (Å²) in [5, 5.41) is 5.33. The molecule has 0 aliphatic heterocycles. The molecule has 1 aromatic carbocycles. The van der Waals surface area contributed by atoms with Gasteiger partial charge in [-0.2, -0.15) is 0 Å². The van der Waals surface area contributed by atoms with Gasteiger partial charge in [-0.25, -0.2) is 9.37 Å². The molecule has 0 saturated carbocycles. The number of rotatable bonds is 3. The summed E-state index contributed by atoms with van der Waals surface area (Å²) in [4.78, 5) is 4.25. The van der Waals surface area contributed by atoms with Gasteiger partial charge in [0.2, 0.25) is 0 Å². The Kier molecular flexibility index (Phi) is 3.79. The highest BCUT2D eigenvalue weighted by Crippen LogP contribution is 2.27.